The van der Waals surface area contributed by atoms with Gasteiger partial charge >= 0.3 is 0 Å². The largest absolute Gasteiger partial charge is 0.495 e. The van der Waals surface area contributed by atoms with Gasteiger partial charge in [0.1, 0.15) is 17.0 Å². The number of amides is 1. The maximum atomic E-state index is 12.3. The number of rotatable bonds is 3. The zero-order valence-electron chi connectivity index (χ0n) is 12.1. The van der Waals surface area contributed by atoms with Gasteiger partial charge in [0.2, 0.25) is 0 Å². The lowest BCUT2D eigenvalue weighted by Gasteiger charge is -2.08. The van der Waals surface area contributed by atoms with Crippen LogP contribution >= 0.6 is 11.6 Å². The molecular weight excluding hydrogens is 318 g/mol. The van der Waals surface area contributed by atoms with E-state index in [9.17, 15) is 9.59 Å². The monoisotopic (exact) mass is 329 g/mol. The Kier molecular flexibility index (Phi) is 3.99. The third-order valence-corrected chi connectivity index (χ3v) is 3.56. The van der Waals surface area contributed by atoms with Crippen molar-refractivity contribution in [3.8, 4) is 5.75 Å². The predicted molar refractivity (Wildman–Crippen MR) is 87.4 cm³/mol. The second kappa shape index (κ2) is 6.10. The zero-order valence-corrected chi connectivity index (χ0v) is 12.9. The Morgan fingerprint density at radius 1 is 1.30 bits per heavy atom. The maximum Gasteiger partial charge on any atom is 0.270 e. The minimum atomic E-state index is -0.554. The number of carbonyl (C=O) groups excluding carboxylic acids is 1. The fourth-order valence-corrected chi connectivity index (χ4v) is 2.38. The molecule has 0 aliphatic carbocycles. The first-order valence-electron chi connectivity index (χ1n) is 6.71. The van der Waals surface area contributed by atoms with Crippen LogP contribution in [0.1, 0.15) is 10.4 Å². The third kappa shape index (κ3) is 2.89. The molecule has 116 valence electrons. The molecule has 0 radical (unpaired) electrons. The third-order valence-electron chi connectivity index (χ3n) is 3.27. The first kappa shape index (κ1) is 15.1. The summed E-state index contributed by atoms with van der Waals surface area (Å²) in [5.41, 5.74) is 0.438. The minimum absolute atomic E-state index is 0.0550. The van der Waals surface area contributed by atoms with Crippen molar-refractivity contribution in [2.75, 3.05) is 12.4 Å². The van der Waals surface area contributed by atoms with Gasteiger partial charge in [0.15, 0.2) is 0 Å². The van der Waals surface area contributed by atoms with Gasteiger partial charge in [0, 0.05) is 18.1 Å². The van der Waals surface area contributed by atoms with Crippen molar-refractivity contribution in [1.29, 1.82) is 0 Å². The van der Waals surface area contributed by atoms with Crippen molar-refractivity contribution < 1.29 is 9.53 Å². The van der Waals surface area contributed by atoms with Gasteiger partial charge in [-0.25, -0.2) is 4.98 Å². The lowest BCUT2D eigenvalue weighted by molar-refractivity contribution is 0.102. The van der Waals surface area contributed by atoms with E-state index in [2.05, 4.69) is 10.3 Å². The van der Waals surface area contributed by atoms with Gasteiger partial charge in [0.05, 0.1) is 12.1 Å². The lowest BCUT2D eigenvalue weighted by atomic mass is 10.2. The Labute approximate surface area is 136 Å². The summed E-state index contributed by atoms with van der Waals surface area (Å²) in [6.45, 7) is 0. The number of ether oxygens (including phenoxy) is 1. The van der Waals surface area contributed by atoms with E-state index in [1.807, 2.05) is 0 Å². The highest BCUT2D eigenvalue weighted by Gasteiger charge is 2.14. The van der Waals surface area contributed by atoms with Crippen LogP contribution in [0.25, 0.3) is 5.65 Å². The Bertz CT molecular complexity index is 953. The zero-order chi connectivity index (χ0) is 16.4. The molecule has 0 unspecified atom stereocenters. The number of hydrogen-bond acceptors (Lipinski definition) is 4. The van der Waals surface area contributed by atoms with Crippen molar-refractivity contribution in [1.82, 2.24) is 9.38 Å². The topological polar surface area (TPSA) is 72.7 Å². The van der Waals surface area contributed by atoms with E-state index in [1.165, 1.54) is 17.7 Å². The molecule has 3 rings (SSSR count). The molecule has 2 aromatic heterocycles. The molecule has 0 aliphatic heterocycles. The molecule has 2 heterocycles. The number of anilines is 1. The first-order chi connectivity index (χ1) is 11.1. The summed E-state index contributed by atoms with van der Waals surface area (Å²) >= 11 is 6.01. The van der Waals surface area contributed by atoms with Crippen molar-refractivity contribution in [3.05, 3.63) is 69.7 Å². The molecule has 1 aromatic carbocycles. The number of benzene rings is 1. The van der Waals surface area contributed by atoms with Crippen molar-refractivity contribution in [2.24, 2.45) is 0 Å². The van der Waals surface area contributed by atoms with Crippen LogP contribution in [0.2, 0.25) is 5.02 Å². The summed E-state index contributed by atoms with van der Waals surface area (Å²) in [5.74, 6) is -0.0564. The van der Waals surface area contributed by atoms with Crippen LogP contribution in [0.5, 0.6) is 5.75 Å². The molecule has 23 heavy (non-hydrogen) atoms. The summed E-state index contributed by atoms with van der Waals surface area (Å²) in [7, 11) is 1.50. The molecule has 0 aliphatic rings. The quantitative estimate of drug-likeness (QED) is 0.801. The Hall–Kier alpha value is -2.86. The van der Waals surface area contributed by atoms with Gasteiger partial charge in [-0.3, -0.25) is 14.0 Å². The van der Waals surface area contributed by atoms with Crippen LogP contribution in [0.3, 0.4) is 0 Å². The second-order valence-corrected chi connectivity index (χ2v) is 5.12. The predicted octanol–water partition coefficient (Wildman–Crippen LogP) is 2.61. The maximum absolute atomic E-state index is 12.3. The number of carbonyl (C=O) groups is 1. The number of methoxy groups -OCH3 is 1. The van der Waals surface area contributed by atoms with Crippen LogP contribution in [0.4, 0.5) is 5.69 Å². The highest BCUT2D eigenvalue weighted by molar-refractivity contribution is 6.32. The molecule has 1 N–H and O–H groups in total. The van der Waals surface area contributed by atoms with Crippen LogP contribution in [0.15, 0.2) is 53.6 Å². The fourth-order valence-electron chi connectivity index (χ4n) is 2.13. The van der Waals surface area contributed by atoms with Gasteiger partial charge in [-0.1, -0.05) is 17.7 Å². The molecule has 0 saturated heterocycles. The number of pyridine rings is 1. The summed E-state index contributed by atoms with van der Waals surface area (Å²) < 4.78 is 6.36. The number of fused-ring (bicyclic) bond motifs is 1. The first-order valence-corrected chi connectivity index (χ1v) is 7.09. The van der Waals surface area contributed by atoms with E-state index >= 15 is 0 Å². The average molecular weight is 330 g/mol. The molecule has 3 aromatic rings. The fraction of sp³-hybridized carbons (Fsp3) is 0.0625. The molecule has 0 fully saturated rings. The number of halogens is 1. The molecule has 7 heteroatoms. The highest BCUT2D eigenvalue weighted by Crippen LogP contribution is 2.27. The smallest absolute Gasteiger partial charge is 0.270 e. The van der Waals surface area contributed by atoms with E-state index in [4.69, 9.17) is 16.3 Å². The van der Waals surface area contributed by atoms with Gasteiger partial charge in [0.25, 0.3) is 11.5 Å². The van der Waals surface area contributed by atoms with E-state index in [0.29, 0.717) is 22.1 Å². The van der Waals surface area contributed by atoms with E-state index < -0.39 is 11.5 Å². The number of aromatic nitrogens is 2. The summed E-state index contributed by atoms with van der Waals surface area (Å²) in [4.78, 5) is 28.8. The van der Waals surface area contributed by atoms with Gasteiger partial charge in [-0.05, 0) is 30.3 Å². The highest BCUT2D eigenvalue weighted by atomic mass is 35.5. The lowest BCUT2D eigenvalue weighted by Crippen LogP contribution is -2.26. The Morgan fingerprint density at radius 2 is 2.13 bits per heavy atom. The minimum Gasteiger partial charge on any atom is -0.495 e. The normalized spacial score (nSPS) is 10.5. The van der Waals surface area contributed by atoms with E-state index in [0.717, 1.165) is 0 Å². The van der Waals surface area contributed by atoms with Gasteiger partial charge < -0.3 is 10.1 Å². The van der Waals surface area contributed by atoms with Crippen LogP contribution in [0, 0.1) is 0 Å². The van der Waals surface area contributed by atoms with Gasteiger partial charge in [-0.15, -0.1) is 0 Å². The molecule has 1 amide bonds. The van der Waals surface area contributed by atoms with Gasteiger partial charge in [-0.2, -0.15) is 0 Å². The molecule has 0 saturated carbocycles. The number of nitrogens with one attached hydrogen (secondary N) is 1. The van der Waals surface area contributed by atoms with Crippen LogP contribution < -0.4 is 15.6 Å². The summed E-state index contributed by atoms with van der Waals surface area (Å²) in [6.07, 6.45) is 2.82. The Balaban J connectivity index is 1.93. The van der Waals surface area contributed by atoms with Crippen molar-refractivity contribution in [2.45, 2.75) is 0 Å². The molecule has 0 atom stereocenters. The molecule has 0 bridgehead atoms. The summed E-state index contributed by atoms with van der Waals surface area (Å²) in [5, 5.41) is 2.98. The number of nitrogens with zero attached hydrogens (tertiary/aromatic N) is 2. The standard InChI is InChI=1S/C16H12ClN3O3/c1-23-13-6-5-10(8-12(13)17)19-15(21)11-9-18-14-4-2-3-7-20(14)16(11)22/h2-9H,1H3,(H,19,21). The SMILES string of the molecule is COc1ccc(NC(=O)c2cnc3ccccn3c2=O)cc1Cl. The number of hydrogen-bond donors (Lipinski definition) is 1. The average Bonchev–Trinajstić information content (AvgIpc) is 2.55. The van der Waals surface area contributed by atoms with E-state index in [-0.39, 0.29) is 5.56 Å². The molecule has 6 nitrogen and oxygen atoms in total. The Morgan fingerprint density at radius 3 is 2.87 bits per heavy atom. The summed E-state index contributed by atoms with van der Waals surface area (Å²) in [6, 6.07) is 9.96. The van der Waals surface area contributed by atoms with Crippen molar-refractivity contribution >= 4 is 28.8 Å². The molecule has 0 spiro atoms. The van der Waals surface area contributed by atoms with Crippen LogP contribution in [-0.2, 0) is 0 Å². The van der Waals surface area contributed by atoms with E-state index in [1.54, 1.807) is 42.6 Å². The molecular formula is C16H12ClN3O3. The van der Waals surface area contributed by atoms with Crippen LogP contribution in [-0.4, -0.2) is 22.4 Å². The second-order valence-electron chi connectivity index (χ2n) is 4.71. The van der Waals surface area contributed by atoms with Crippen molar-refractivity contribution in [3.63, 3.8) is 0 Å².